The number of ether oxygens (including phenoxy) is 2. The Kier molecular flexibility index (Phi) is 6.23. The lowest BCUT2D eigenvalue weighted by Crippen LogP contribution is -2.48. The van der Waals surface area contributed by atoms with Crippen molar-refractivity contribution in [3.8, 4) is 5.88 Å². The molecule has 2 rings (SSSR count). The third-order valence-corrected chi connectivity index (χ3v) is 3.71. The highest BCUT2D eigenvalue weighted by Crippen LogP contribution is 2.21. The molecule has 1 atom stereocenters. The molecule has 1 amide bonds. The molecule has 7 heteroatoms. The molecule has 1 aliphatic heterocycles. The number of carbonyl (C=O) groups is 1. The van der Waals surface area contributed by atoms with Crippen LogP contribution in [0.25, 0.3) is 0 Å². The molecule has 24 heavy (non-hydrogen) atoms. The van der Waals surface area contributed by atoms with E-state index in [4.69, 9.17) is 9.47 Å². The van der Waals surface area contributed by atoms with E-state index in [1.165, 1.54) is 6.33 Å². The number of hydrogen-bond donors (Lipinski definition) is 1. The Morgan fingerprint density at radius 1 is 1.38 bits per heavy atom. The van der Waals surface area contributed by atoms with Crippen LogP contribution in [-0.4, -0.2) is 52.3 Å². The predicted octanol–water partition coefficient (Wildman–Crippen LogP) is 3.08. The van der Waals surface area contributed by atoms with E-state index in [0.29, 0.717) is 24.8 Å². The van der Waals surface area contributed by atoms with Gasteiger partial charge in [-0.15, -0.1) is 0 Å². The van der Waals surface area contributed by atoms with Gasteiger partial charge in [-0.05, 0) is 47.0 Å². The number of likely N-dealkylation sites (tertiary alicyclic amines) is 1. The van der Waals surface area contributed by atoms with E-state index in [2.05, 4.69) is 15.3 Å². The fourth-order valence-electron chi connectivity index (χ4n) is 2.66. The van der Waals surface area contributed by atoms with Gasteiger partial charge < -0.3 is 19.7 Å². The molecule has 0 aromatic carbocycles. The number of nitrogens with zero attached hydrogens (tertiary/aromatic N) is 3. The molecule has 2 heterocycles. The molecule has 1 saturated heterocycles. The van der Waals surface area contributed by atoms with Crippen molar-refractivity contribution in [3.63, 3.8) is 0 Å². The monoisotopic (exact) mass is 336 g/mol. The maximum absolute atomic E-state index is 12.4. The van der Waals surface area contributed by atoms with Gasteiger partial charge in [0.05, 0.1) is 12.6 Å². The highest BCUT2D eigenvalue weighted by Gasteiger charge is 2.30. The standard InChI is InChI=1S/C17H28N4O3/c1-5-23-15-10-14(19-12-20-15)18-11-13-8-6-7-9-21(13)16(22)24-17(2,3)4/h10,12-13H,5-9,11H2,1-4H3,(H,18,19,20). The van der Waals surface area contributed by atoms with E-state index in [-0.39, 0.29) is 12.1 Å². The second kappa shape index (κ2) is 8.17. The quantitative estimate of drug-likeness (QED) is 0.890. The Morgan fingerprint density at radius 3 is 2.88 bits per heavy atom. The molecule has 0 spiro atoms. The Hall–Kier alpha value is -2.05. The summed E-state index contributed by atoms with van der Waals surface area (Å²) in [7, 11) is 0. The first kappa shape index (κ1) is 18.3. The van der Waals surface area contributed by atoms with Crippen LogP contribution in [0.1, 0.15) is 47.0 Å². The molecular weight excluding hydrogens is 308 g/mol. The Bertz CT molecular complexity index is 545. The van der Waals surface area contributed by atoms with E-state index in [9.17, 15) is 4.79 Å². The zero-order chi connectivity index (χ0) is 17.6. The molecule has 1 fully saturated rings. The number of amides is 1. The van der Waals surface area contributed by atoms with E-state index >= 15 is 0 Å². The van der Waals surface area contributed by atoms with E-state index in [1.54, 1.807) is 6.07 Å². The molecule has 7 nitrogen and oxygen atoms in total. The topological polar surface area (TPSA) is 76.6 Å². The van der Waals surface area contributed by atoms with Gasteiger partial charge in [0.15, 0.2) is 0 Å². The van der Waals surface area contributed by atoms with Crippen molar-refractivity contribution in [2.24, 2.45) is 0 Å². The van der Waals surface area contributed by atoms with Gasteiger partial charge in [-0.3, -0.25) is 0 Å². The van der Waals surface area contributed by atoms with Gasteiger partial charge in [-0.2, -0.15) is 0 Å². The van der Waals surface area contributed by atoms with E-state index < -0.39 is 5.60 Å². The number of nitrogens with one attached hydrogen (secondary N) is 1. The minimum absolute atomic E-state index is 0.0964. The van der Waals surface area contributed by atoms with Crippen LogP contribution in [0, 0.1) is 0 Å². The first-order chi connectivity index (χ1) is 11.4. The van der Waals surface area contributed by atoms with Gasteiger partial charge in [0.2, 0.25) is 5.88 Å². The minimum atomic E-state index is -0.481. The normalized spacial score (nSPS) is 18.2. The molecular formula is C17H28N4O3. The average Bonchev–Trinajstić information content (AvgIpc) is 2.52. The Labute approximate surface area is 143 Å². The summed E-state index contributed by atoms with van der Waals surface area (Å²) in [4.78, 5) is 22.5. The molecule has 134 valence electrons. The van der Waals surface area contributed by atoms with Gasteiger partial charge in [-0.25, -0.2) is 14.8 Å². The summed E-state index contributed by atoms with van der Waals surface area (Å²) >= 11 is 0. The summed E-state index contributed by atoms with van der Waals surface area (Å²) in [6.07, 6.45) is 4.30. The Morgan fingerprint density at radius 2 is 2.17 bits per heavy atom. The van der Waals surface area contributed by atoms with Crippen LogP contribution >= 0.6 is 0 Å². The van der Waals surface area contributed by atoms with Crippen molar-refractivity contribution >= 4 is 11.9 Å². The van der Waals surface area contributed by atoms with Crippen LogP contribution in [0.4, 0.5) is 10.6 Å². The number of aromatic nitrogens is 2. The number of carbonyl (C=O) groups excluding carboxylic acids is 1. The van der Waals surface area contributed by atoms with Crippen LogP contribution in [0.2, 0.25) is 0 Å². The van der Waals surface area contributed by atoms with E-state index in [1.807, 2.05) is 32.6 Å². The maximum atomic E-state index is 12.4. The molecule has 1 unspecified atom stereocenters. The average molecular weight is 336 g/mol. The zero-order valence-corrected chi connectivity index (χ0v) is 15.0. The summed E-state index contributed by atoms with van der Waals surface area (Å²) in [5.74, 6) is 1.24. The van der Waals surface area contributed by atoms with Crippen LogP contribution in [0.15, 0.2) is 12.4 Å². The molecule has 0 bridgehead atoms. The molecule has 1 aromatic heterocycles. The molecule has 1 N–H and O–H groups in total. The van der Waals surface area contributed by atoms with Crippen LogP contribution in [-0.2, 0) is 4.74 Å². The maximum Gasteiger partial charge on any atom is 0.410 e. The summed E-state index contributed by atoms with van der Waals surface area (Å²) in [6, 6.07) is 1.86. The lowest BCUT2D eigenvalue weighted by Gasteiger charge is -2.36. The third-order valence-electron chi connectivity index (χ3n) is 3.71. The van der Waals surface area contributed by atoms with Crippen molar-refractivity contribution < 1.29 is 14.3 Å². The molecule has 1 aliphatic rings. The van der Waals surface area contributed by atoms with Crippen LogP contribution < -0.4 is 10.1 Å². The van der Waals surface area contributed by atoms with Crippen molar-refractivity contribution in [1.29, 1.82) is 0 Å². The van der Waals surface area contributed by atoms with Crippen LogP contribution in [0.5, 0.6) is 5.88 Å². The van der Waals surface area contributed by atoms with Crippen molar-refractivity contribution in [1.82, 2.24) is 14.9 Å². The molecule has 0 aliphatic carbocycles. The van der Waals surface area contributed by atoms with Gasteiger partial charge in [0.1, 0.15) is 17.7 Å². The zero-order valence-electron chi connectivity index (χ0n) is 15.0. The summed E-state index contributed by atoms with van der Waals surface area (Å²) in [5, 5.41) is 3.28. The second-order valence-electron chi connectivity index (χ2n) is 6.88. The number of rotatable bonds is 5. The highest BCUT2D eigenvalue weighted by molar-refractivity contribution is 5.68. The number of piperidine rings is 1. The van der Waals surface area contributed by atoms with Crippen molar-refractivity contribution in [2.75, 3.05) is 25.0 Å². The van der Waals surface area contributed by atoms with Crippen molar-refractivity contribution in [2.45, 2.75) is 58.6 Å². The first-order valence-corrected chi connectivity index (χ1v) is 8.57. The number of hydrogen-bond acceptors (Lipinski definition) is 6. The summed E-state index contributed by atoms with van der Waals surface area (Å²) in [6.45, 7) is 9.49. The van der Waals surface area contributed by atoms with Crippen LogP contribution in [0.3, 0.4) is 0 Å². The molecule has 0 radical (unpaired) electrons. The predicted molar refractivity (Wildman–Crippen MR) is 92.3 cm³/mol. The second-order valence-corrected chi connectivity index (χ2v) is 6.88. The Balaban J connectivity index is 1.96. The number of anilines is 1. The van der Waals surface area contributed by atoms with Gasteiger partial charge in [0.25, 0.3) is 0 Å². The lowest BCUT2D eigenvalue weighted by molar-refractivity contribution is 0.0114. The largest absolute Gasteiger partial charge is 0.478 e. The van der Waals surface area contributed by atoms with Gasteiger partial charge in [-0.1, -0.05) is 0 Å². The molecule has 0 saturated carbocycles. The smallest absolute Gasteiger partial charge is 0.410 e. The van der Waals surface area contributed by atoms with E-state index in [0.717, 1.165) is 25.8 Å². The fourth-order valence-corrected chi connectivity index (χ4v) is 2.66. The van der Waals surface area contributed by atoms with Gasteiger partial charge in [0, 0.05) is 19.2 Å². The SMILES string of the molecule is CCOc1cc(NCC2CCCCN2C(=O)OC(C)(C)C)ncn1. The molecule has 1 aromatic rings. The minimum Gasteiger partial charge on any atom is -0.478 e. The summed E-state index contributed by atoms with van der Waals surface area (Å²) in [5.41, 5.74) is -0.481. The fraction of sp³-hybridized carbons (Fsp3) is 0.706. The highest BCUT2D eigenvalue weighted by atomic mass is 16.6. The van der Waals surface area contributed by atoms with Crippen molar-refractivity contribution in [3.05, 3.63) is 12.4 Å². The summed E-state index contributed by atoms with van der Waals surface area (Å²) < 4.78 is 10.9. The van der Waals surface area contributed by atoms with Gasteiger partial charge >= 0.3 is 6.09 Å². The first-order valence-electron chi connectivity index (χ1n) is 8.57. The third kappa shape index (κ3) is 5.54. The lowest BCUT2D eigenvalue weighted by atomic mass is 10.0.